The van der Waals surface area contributed by atoms with Crippen LogP contribution in [0.1, 0.15) is 53.9 Å². The lowest BCUT2D eigenvalue weighted by molar-refractivity contribution is -0.121. The predicted molar refractivity (Wildman–Crippen MR) is 73.8 cm³/mol. The van der Waals surface area contributed by atoms with Gasteiger partial charge in [-0.3, -0.25) is 4.79 Å². The number of hydrogen-bond donors (Lipinski definition) is 1. The molecule has 0 rings (SSSR count). The van der Waals surface area contributed by atoms with E-state index in [9.17, 15) is 4.79 Å². The molecule has 2 nitrogen and oxygen atoms in total. The standard InChI is InChI=1S/C13H26BrNO/c1-9(2)7-6-8-11(5)15-13(16)12(14)10(3)4/h9-12H,6-8H2,1-5H3,(H,15,16). The van der Waals surface area contributed by atoms with E-state index >= 15 is 0 Å². The molecule has 1 amide bonds. The van der Waals surface area contributed by atoms with E-state index in [4.69, 9.17) is 0 Å². The van der Waals surface area contributed by atoms with Gasteiger partial charge >= 0.3 is 0 Å². The van der Waals surface area contributed by atoms with E-state index in [0.29, 0.717) is 5.92 Å². The van der Waals surface area contributed by atoms with E-state index in [1.54, 1.807) is 0 Å². The fraction of sp³-hybridized carbons (Fsp3) is 0.923. The molecule has 0 aliphatic rings. The van der Waals surface area contributed by atoms with Crippen LogP contribution in [0.25, 0.3) is 0 Å². The lowest BCUT2D eigenvalue weighted by atomic mass is 10.0. The normalized spacial score (nSPS) is 15.2. The Morgan fingerprint density at radius 3 is 2.12 bits per heavy atom. The zero-order chi connectivity index (χ0) is 12.7. The monoisotopic (exact) mass is 291 g/mol. The second-order valence-electron chi connectivity index (χ2n) is 5.38. The topological polar surface area (TPSA) is 29.1 Å². The maximum atomic E-state index is 11.7. The molecule has 0 aromatic rings. The molecular weight excluding hydrogens is 266 g/mol. The zero-order valence-corrected chi connectivity index (χ0v) is 12.8. The summed E-state index contributed by atoms with van der Waals surface area (Å²) >= 11 is 3.42. The number of rotatable bonds is 7. The third-order valence-electron chi connectivity index (χ3n) is 2.64. The van der Waals surface area contributed by atoms with E-state index in [2.05, 4.69) is 42.0 Å². The first kappa shape index (κ1) is 16.0. The fourth-order valence-corrected chi connectivity index (χ4v) is 1.66. The highest BCUT2D eigenvalue weighted by Gasteiger charge is 2.19. The lowest BCUT2D eigenvalue weighted by Crippen LogP contribution is -2.39. The molecule has 0 saturated carbocycles. The van der Waals surface area contributed by atoms with Crippen molar-refractivity contribution in [2.24, 2.45) is 11.8 Å². The van der Waals surface area contributed by atoms with Crippen LogP contribution in [0, 0.1) is 11.8 Å². The van der Waals surface area contributed by atoms with E-state index < -0.39 is 0 Å². The van der Waals surface area contributed by atoms with E-state index in [0.717, 1.165) is 12.3 Å². The molecule has 0 aliphatic heterocycles. The minimum atomic E-state index is -0.0694. The van der Waals surface area contributed by atoms with Crippen LogP contribution in [-0.4, -0.2) is 16.8 Å². The van der Waals surface area contributed by atoms with Crippen molar-refractivity contribution >= 4 is 21.8 Å². The summed E-state index contributed by atoms with van der Waals surface area (Å²) in [5, 5.41) is 3.05. The molecule has 0 bridgehead atoms. The van der Waals surface area contributed by atoms with Gasteiger partial charge in [-0.2, -0.15) is 0 Å². The second-order valence-corrected chi connectivity index (χ2v) is 6.37. The molecule has 0 radical (unpaired) electrons. The summed E-state index contributed by atoms with van der Waals surface area (Å²) in [7, 11) is 0. The first-order valence-electron chi connectivity index (χ1n) is 6.29. The van der Waals surface area contributed by atoms with Gasteiger partial charge in [0.05, 0.1) is 4.83 Å². The van der Waals surface area contributed by atoms with E-state index in [1.807, 2.05) is 13.8 Å². The summed E-state index contributed by atoms with van der Waals surface area (Å²) in [4.78, 5) is 11.7. The summed E-state index contributed by atoms with van der Waals surface area (Å²) in [5.74, 6) is 1.21. The average Bonchev–Trinajstić information content (AvgIpc) is 2.15. The van der Waals surface area contributed by atoms with Crippen LogP contribution in [0.15, 0.2) is 0 Å². The van der Waals surface area contributed by atoms with Crippen molar-refractivity contribution in [3.63, 3.8) is 0 Å². The summed E-state index contributed by atoms with van der Waals surface area (Å²) in [6.07, 6.45) is 3.50. The molecule has 0 spiro atoms. The van der Waals surface area contributed by atoms with Gasteiger partial charge in [-0.05, 0) is 25.2 Å². The number of halogens is 1. The van der Waals surface area contributed by atoms with Gasteiger partial charge in [0.2, 0.25) is 5.91 Å². The second kappa shape index (κ2) is 8.10. The fourth-order valence-electron chi connectivity index (χ4n) is 1.53. The molecule has 0 saturated heterocycles. The Labute approximate surface area is 109 Å². The van der Waals surface area contributed by atoms with Crippen LogP contribution in [0.4, 0.5) is 0 Å². The molecule has 3 heteroatoms. The van der Waals surface area contributed by atoms with Crippen LogP contribution < -0.4 is 5.32 Å². The number of amides is 1. The van der Waals surface area contributed by atoms with Crippen molar-refractivity contribution in [2.75, 3.05) is 0 Å². The van der Waals surface area contributed by atoms with Gasteiger partial charge in [-0.1, -0.05) is 56.5 Å². The number of carbonyl (C=O) groups excluding carboxylic acids is 1. The highest BCUT2D eigenvalue weighted by atomic mass is 79.9. The molecule has 2 atom stereocenters. The van der Waals surface area contributed by atoms with Gasteiger partial charge in [-0.15, -0.1) is 0 Å². The van der Waals surface area contributed by atoms with Crippen molar-refractivity contribution in [1.82, 2.24) is 5.32 Å². The van der Waals surface area contributed by atoms with E-state index in [1.165, 1.54) is 12.8 Å². The number of nitrogens with one attached hydrogen (secondary N) is 1. The Kier molecular flexibility index (Phi) is 8.08. The number of carbonyl (C=O) groups is 1. The van der Waals surface area contributed by atoms with Crippen molar-refractivity contribution in [3.8, 4) is 0 Å². The summed E-state index contributed by atoms with van der Waals surface area (Å²) in [6, 6.07) is 0.282. The Bertz CT molecular complexity index is 204. The third kappa shape index (κ3) is 7.26. The molecule has 0 aromatic heterocycles. The average molecular weight is 292 g/mol. The van der Waals surface area contributed by atoms with Gasteiger partial charge in [0.1, 0.15) is 0 Å². The minimum absolute atomic E-state index is 0.0694. The van der Waals surface area contributed by atoms with Gasteiger partial charge in [0.25, 0.3) is 0 Å². The molecule has 16 heavy (non-hydrogen) atoms. The molecule has 0 fully saturated rings. The van der Waals surface area contributed by atoms with Crippen LogP contribution in [-0.2, 0) is 4.79 Å². The molecule has 1 N–H and O–H groups in total. The van der Waals surface area contributed by atoms with Crippen LogP contribution in [0.5, 0.6) is 0 Å². The van der Waals surface area contributed by atoms with Crippen LogP contribution >= 0.6 is 15.9 Å². The maximum Gasteiger partial charge on any atom is 0.234 e. The minimum Gasteiger partial charge on any atom is -0.353 e. The molecule has 96 valence electrons. The number of alkyl halides is 1. The Hall–Kier alpha value is -0.0500. The van der Waals surface area contributed by atoms with E-state index in [-0.39, 0.29) is 16.8 Å². The molecule has 0 aromatic carbocycles. The highest BCUT2D eigenvalue weighted by molar-refractivity contribution is 9.10. The summed E-state index contributed by atoms with van der Waals surface area (Å²) in [6.45, 7) is 10.6. The summed E-state index contributed by atoms with van der Waals surface area (Å²) < 4.78 is 0. The molecule has 0 heterocycles. The first-order chi connectivity index (χ1) is 7.34. The van der Waals surface area contributed by atoms with Gasteiger partial charge < -0.3 is 5.32 Å². The largest absolute Gasteiger partial charge is 0.353 e. The highest BCUT2D eigenvalue weighted by Crippen LogP contribution is 2.13. The third-order valence-corrected chi connectivity index (χ3v) is 4.12. The van der Waals surface area contributed by atoms with Crippen molar-refractivity contribution < 1.29 is 4.79 Å². The van der Waals surface area contributed by atoms with Gasteiger partial charge in [-0.25, -0.2) is 0 Å². The first-order valence-corrected chi connectivity index (χ1v) is 7.20. The van der Waals surface area contributed by atoms with Crippen LogP contribution in [0.2, 0.25) is 0 Å². The number of hydrogen-bond acceptors (Lipinski definition) is 1. The van der Waals surface area contributed by atoms with Crippen molar-refractivity contribution in [2.45, 2.75) is 64.8 Å². The van der Waals surface area contributed by atoms with Crippen LogP contribution in [0.3, 0.4) is 0 Å². The zero-order valence-electron chi connectivity index (χ0n) is 11.2. The van der Waals surface area contributed by atoms with Crippen molar-refractivity contribution in [3.05, 3.63) is 0 Å². The SMILES string of the molecule is CC(C)CCCC(C)NC(=O)C(Br)C(C)C. The quantitative estimate of drug-likeness (QED) is 0.712. The summed E-state index contributed by atoms with van der Waals surface area (Å²) in [5.41, 5.74) is 0. The molecule has 2 unspecified atom stereocenters. The van der Waals surface area contributed by atoms with Crippen molar-refractivity contribution in [1.29, 1.82) is 0 Å². The Morgan fingerprint density at radius 1 is 1.12 bits per heavy atom. The molecular formula is C13H26BrNO. The molecule has 0 aliphatic carbocycles. The lowest BCUT2D eigenvalue weighted by Gasteiger charge is -2.18. The Morgan fingerprint density at radius 2 is 1.69 bits per heavy atom. The maximum absolute atomic E-state index is 11.7. The van der Waals surface area contributed by atoms with Gasteiger partial charge in [0.15, 0.2) is 0 Å². The predicted octanol–water partition coefficient (Wildman–Crippen LogP) is 3.74. The Balaban J connectivity index is 3.78. The van der Waals surface area contributed by atoms with Gasteiger partial charge in [0, 0.05) is 6.04 Å². The smallest absolute Gasteiger partial charge is 0.234 e.